The monoisotopic (exact) mass is 367 g/mol. The first kappa shape index (κ1) is 17.8. The number of aromatic carboxylic acids is 1. The van der Waals surface area contributed by atoms with Gasteiger partial charge in [-0.3, -0.25) is 4.98 Å². The molecule has 1 aromatic carbocycles. The van der Waals surface area contributed by atoms with Crippen LogP contribution in [0, 0.1) is 5.92 Å². The molecule has 0 amide bonds. The predicted octanol–water partition coefficient (Wildman–Crippen LogP) is 2.72. The van der Waals surface area contributed by atoms with Gasteiger partial charge in [-0.05, 0) is 61.1 Å². The maximum Gasteiger partial charge on any atom is 0.339 e. The third-order valence-electron chi connectivity index (χ3n) is 5.53. The molecule has 3 heterocycles. The molecule has 1 aromatic heterocycles. The molecule has 0 atom stereocenters. The van der Waals surface area contributed by atoms with Gasteiger partial charge >= 0.3 is 5.97 Å². The highest BCUT2D eigenvalue weighted by Gasteiger charge is 2.23. The van der Waals surface area contributed by atoms with E-state index in [1.165, 1.54) is 17.3 Å². The van der Waals surface area contributed by atoms with E-state index in [1.807, 2.05) is 0 Å². The van der Waals surface area contributed by atoms with Crippen LogP contribution >= 0.6 is 0 Å². The highest BCUT2D eigenvalue weighted by Crippen LogP contribution is 2.27. The van der Waals surface area contributed by atoms with Gasteiger partial charge in [0.05, 0.1) is 12.3 Å². The molecule has 142 valence electrons. The number of nitrogens with zero attached hydrogens (tertiary/aromatic N) is 2. The highest BCUT2D eigenvalue weighted by molar-refractivity contribution is 5.94. The van der Waals surface area contributed by atoms with E-state index >= 15 is 0 Å². The zero-order chi connectivity index (χ0) is 18.6. The van der Waals surface area contributed by atoms with Crippen molar-refractivity contribution in [2.24, 2.45) is 5.92 Å². The molecule has 0 saturated carbocycles. The topological polar surface area (TPSA) is 74.7 Å². The lowest BCUT2D eigenvalue weighted by molar-refractivity contribution is 0.0697. The summed E-state index contributed by atoms with van der Waals surface area (Å²) in [5, 5.41) is 12.8. The van der Waals surface area contributed by atoms with Crippen molar-refractivity contribution in [3.05, 3.63) is 53.3 Å². The smallest absolute Gasteiger partial charge is 0.339 e. The molecule has 27 heavy (non-hydrogen) atoms. The fourth-order valence-corrected chi connectivity index (χ4v) is 3.93. The van der Waals surface area contributed by atoms with Gasteiger partial charge in [-0.15, -0.1) is 0 Å². The van der Waals surface area contributed by atoms with Crippen molar-refractivity contribution in [2.75, 3.05) is 31.1 Å². The van der Waals surface area contributed by atoms with Crippen LogP contribution in [0.5, 0.6) is 5.75 Å². The van der Waals surface area contributed by atoms with Gasteiger partial charge < -0.3 is 20.1 Å². The Hall–Kier alpha value is -2.60. The number of carboxylic acid groups (broad SMARTS) is 1. The summed E-state index contributed by atoms with van der Waals surface area (Å²) in [7, 11) is 0. The molecular weight excluding hydrogens is 342 g/mol. The first-order chi connectivity index (χ1) is 13.2. The summed E-state index contributed by atoms with van der Waals surface area (Å²) in [6, 6.07) is 8.22. The summed E-state index contributed by atoms with van der Waals surface area (Å²) < 4.78 is 6.06. The Morgan fingerprint density at radius 2 is 2.11 bits per heavy atom. The first-order valence-electron chi connectivity index (χ1n) is 9.58. The van der Waals surface area contributed by atoms with Crippen LogP contribution in [0.3, 0.4) is 0 Å². The lowest BCUT2D eigenvalue weighted by Gasteiger charge is -2.34. The van der Waals surface area contributed by atoms with Gasteiger partial charge in [0.25, 0.3) is 0 Å². The SMILES string of the molecule is O=C(O)c1cnccc1N1CCC(COc2ccc3c(c2)CNCC3)CC1. The van der Waals surface area contributed by atoms with E-state index in [9.17, 15) is 9.90 Å². The molecule has 2 aromatic rings. The molecule has 6 nitrogen and oxygen atoms in total. The van der Waals surface area contributed by atoms with Crippen molar-refractivity contribution in [3.63, 3.8) is 0 Å². The average molecular weight is 367 g/mol. The number of nitrogens with one attached hydrogen (secondary N) is 1. The Bertz CT molecular complexity index is 816. The number of anilines is 1. The van der Waals surface area contributed by atoms with E-state index in [0.29, 0.717) is 12.5 Å². The number of hydrogen-bond donors (Lipinski definition) is 2. The Morgan fingerprint density at radius 3 is 2.93 bits per heavy atom. The van der Waals surface area contributed by atoms with Gasteiger partial charge in [0.15, 0.2) is 0 Å². The van der Waals surface area contributed by atoms with Crippen molar-refractivity contribution in [3.8, 4) is 5.75 Å². The number of rotatable bonds is 5. The summed E-state index contributed by atoms with van der Waals surface area (Å²) in [6.07, 6.45) is 6.16. The molecule has 0 aliphatic carbocycles. The number of hydrogen-bond acceptors (Lipinski definition) is 5. The maximum atomic E-state index is 11.4. The normalized spacial score (nSPS) is 17.4. The van der Waals surface area contributed by atoms with Crippen molar-refractivity contribution < 1.29 is 14.6 Å². The number of benzene rings is 1. The zero-order valence-corrected chi connectivity index (χ0v) is 15.4. The van der Waals surface area contributed by atoms with E-state index in [-0.39, 0.29) is 5.56 Å². The summed E-state index contributed by atoms with van der Waals surface area (Å²) in [6.45, 7) is 4.36. The van der Waals surface area contributed by atoms with Crippen molar-refractivity contribution in [1.29, 1.82) is 0 Å². The van der Waals surface area contributed by atoms with E-state index < -0.39 is 5.97 Å². The molecule has 2 N–H and O–H groups in total. The van der Waals surface area contributed by atoms with Gasteiger partial charge in [-0.2, -0.15) is 0 Å². The Morgan fingerprint density at radius 1 is 1.26 bits per heavy atom. The molecule has 2 aliphatic rings. The van der Waals surface area contributed by atoms with E-state index in [2.05, 4.69) is 33.4 Å². The van der Waals surface area contributed by atoms with Crippen LogP contribution in [0.15, 0.2) is 36.7 Å². The summed E-state index contributed by atoms with van der Waals surface area (Å²) >= 11 is 0. The fraction of sp³-hybridized carbons (Fsp3) is 0.429. The lowest BCUT2D eigenvalue weighted by atomic mass is 9.97. The van der Waals surface area contributed by atoms with Crippen molar-refractivity contribution >= 4 is 11.7 Å². The number of fused-ring (bicyclic) bond motifs is 1. The zero-order valence-electron chi connectivity index (χ0n) is 15.4. The van der Waals surface area contributed by atoms with Crippen LogP contribution < -0.4 is 15.0 Å². The Kier molecular flexibility index (Phi) is 5.25. The van der Waals surface area contributed by atoms with Crippen molar-refractivity contribution in [1.82, 2.24) is 10.3 Å². The number of piperidine rings is 1. The molecule has 0 radical (unpaired) electrons. The largest absolute Gasteiger partial charge is 0.493 e. The average Bonchev–Trinajstić information content (AvgIpc) is 2.72. The van der Waals surface area contributed by atoms with Crippen LogP contribution in [-0.2, 0) is 13.0 Å². The third-order valence-corrected chi connectivity index (χ3v) is 5.53. The lowest BCUT2D eigenvalue weighted by Crippen LogP contribution is -2.36. The fourth-order valence-electron chi connectivity index (χ4n) is 3.93. The van der Waals surface area contributed by atoms with Gasteiger partial charge in [-0.1, -0.05) is 6.07 Å². The second kappa shape index (κ2) is 7.96. The standard InChI is InChI=1S/C21H25N3O3/c25-21(26)19-13-23-8-4-20(19)24-9-5-15(6-10-24)14-27-18-2-1-16-3-7-22-12-17(16)11-18/h1-2,4,8,11,13,15,22H,3,5-7,9-10,12,14H2,(H,25,26). The molecule has 1 saturated heterocycles. The van der Waals surface area contributed by atoms with Crippen LogP contribution in [0.1, 0.15) is 34.3 Å². The van der Waals surface area contributed by atoms with E-state index in [0.717, 1.165) is 56.9 Å². The minimum absolute atomic E-state index is 0.273. The van der Waals surface area contributed by atoms with E-state index in [1.54, 1.807) is 12.3 Å². The van der Waals surface area contributed by atoms with Crippen LogP contribution in [0.25, 0.3) is 0 Å². The van der Waals surface area contributed by atoms with Gasteiger partial charge in [-0.25, -0.2) is 4.79 Å². The maximum absolute atomic E-state index is 11.4. The number of pyridine rings is 1. The van der Waals surface area contributed by atoms with Crippen molar-refractivity contribution in [2.45, 2.75) is 25.8 Å². The number of ether oxygens (including phenoxy) is 1. The third kappa shape index (κ3) is 4.06. The second-order valence-corrected chi connectivity index (χ2v) is 7.30. The van der Waals surface area contributed by atoms with Gasteiger partial charge in [0.1, 0.15) is 11.3 Å². The molecule has 4 rings (SSSR count). The van der Waals surface area contributed by atoms with Crippen LogP contribution in [-0.4, -0.2) is 42.3 Å². The number of carbonyl (C=O) groups is 1. The summed E-state index contributed by atoms with van der Waals surface area (Å²) in [5.41, 5.74) is 3.79. The molecule has 2 aliphatic heterocycles. The summed E-state index contributed by atoms with van der Waals surface area (Å²) in [5.74, 6) is 0.512. The van der Waals surface area contributed by atoms with Crippen LogP contribution in [0.2, 0.25) is 0 Å². The Balaban J connectivity index is 1.32. The van der Waals surface area contributed by atoms with E-state index in [4.69, 9.17) is 4.74 Å². The first-order valence-corrected chi connectivity index (χ1v) is 9.58. The minimum atomic E-state index is -0.926. The molecule has 0 spiro atoms. The summed E-state index contributed by atoms with van der Waals surface area (Å²) in [4.78, 5) is 17.5. The molecule has 0 unspecified atom stereocenters. The quantitative estimate of drug-likeness (QED) is 0.846. The van der Waals surface area contributed by atoms with Gasteiger partial charge in [0, 0.05) is 32.0 Å². The molecule has 1 fully saturated rings. The molecule has 0 bridgehead atoms. The molecule has 6 heteroatoms. The predicted molar refractivity (Wildman–Crippen MR) is 103 cm³/mol. The molecular formula is C21H25N3O3. The number of aromatic nitrogens is 1. The second-order valence-electron chi connectivity index (χ2n) is 7.30. The minimum Gasteiger partial charge on any atom is -0.493 e. The van der Waals surface area contributed by atoms with Gasteiger partial charge in [0.2, 0.25) is 0 Å². The Labute approximate surface area is 159 Å². The van der Waals surface area contributed by atoms with Crippen LogP contribution in [0.4, 0.5) is 5.69 Å². The number of carboxylic acids is 1. The highest BCUT2D eigenvalue weighted by atomic mass is 16.5.